The second-order valence-corrected chi connectivity index (χ2v) is 5.57. The molecule has 3 heteroatoms. The van der Waals surface area contributed by atoms with Crippen LogP contribution < -0.4 is 5.32 Å². The van der Waals surface area contributed by atoms with Crippen LogP contribution in [0.25, 0.3) is 0 Å². The van der Waals surface area contributed by atoms with Gasteiger partial charge >= 0.3 is 0 Å². The van der Waals surface area contributed by atoms with Gasteiger partial charge in [0, 0.05) is 10.9 Å². The zero-order valence-electron chi connectivity index (χ0n) is 9.92. The molecule has 0 saturated heterocycles. The molecule has 2 rings (SSSR count). The first-order valence-corrected chi connectivity index (χ1v) is 7.09. The molecule has 0 atom stereocenters. The Bertz CT molecular complexity index is 386. The van der Waals surface area contributed by atoms with Crippen LogP contribution in [0.1, 0.15) is 38.5 Å². The Balaban J connectivity index is 1.79. The van der Waals surface area contributed by atoms with Crippen LogP contribution in [0.2, 0.25) is 0 Å². The summed E-state index contributed by atoms with van der Waals surface area (Å²) in [6, 6.07) is 7.72. The molecule has 1 N–H and O–H groups in total. The fraction of sp³-hybridized carbons (Fsp3) is 0.500. The predicted octanol–water partition coefficient (Wildman–Crippen LogP) is 4.36. The summed E-state index contributed by atoms with van der Waals surface area (Å²) >= 11 is 3.43. The van der Waals surface area contributed by atoms with Crippen molar-refractivity contribution >= 4 is 27.5 Å². The summed E-state index contributed by atoms with van der Waals surface area (Å²) in [7, 11) is 0. The number of benzene rings is 1. The van der Waals surface area contributed by atoms with E-state index in [-0.39, 0.29) is 5.91 Å². The molecule has 1 saturated carbocycles. The number of carbonyl (C=O) groups is 1. The van der Waals surface area contributed by atoms with Crippen LogP contribution in [-0.4, -0.2) is 5.91 Å². The highest BCUT2D eigenvalue weighted by molar-refractivity contribution is 9.10. The van der Waals surface area contributed by atoms with E-state index in [2.05, 4.69) is 21.2 Å². The highest BCUT2D eigenvalue weighted by Crippen LogP contribution is 2.29. The monoisotopic (exact) mass is 295 g/mol. The van der Waals surface area contributed by atoms with Crippen LogP contribution in [0.5, 0.6) is 0 Å². The van der Waals surface area contributed by atoms with E-state index in [1.54, 1.807) is 0 Å². The lowest BCUT2D eigenvalue weighted by Crippen LogP contribution is -2.13. The van der Waals surface area contributed by atoms with Gasteiger partial charge in [0.2, 0.25) is 5.91 Å². The molecule has 0 aromatic heterocycles. The van der Waals surface area contributed by atoms with Crippen molar-refractivity contribution in [1.82, 2.24) is 0 Å². The molecule has 17 heavy (non-hydrogen) atoms. The van der Waals surface area contributed by atoms with E-state index in [1.807, 2.05) is 24.3 Å². The van der Waals surface area contributed by atoms with Crippen LogP contribution in [0.4, 0.5) is 5.69 Å². The fourth-order valence-electron chi connectivity index (χ4n) is 2.41. The maximum Gasteiger partial charge on any atom is 0.224 e. The molecule has 2 nitrogen and oxygen atoms in total. The van der Waals surface area contributed by atoms with E-state index in [0.29, 0.717) is 6.42 Å². The van der Waals surface area contributed by atoms with E-state index in [0.717, 1.165) is 22.5 Å². The number of hydrogen-bond acceptors (Lipinski definition) is 1. The molecule has 1 aliphatic rings. The van der Waals surface area contributed by atoms with Crippen molar-refractivity contribution in [3.63, 3.8) is 0 Å². The molecular weight excluding hydrogens is 278 g/mol. The van der Waals surface area contributed by atoms with Crippen molar-refractivity contribution in [2.75, 3.05) is 5.32 Å². The van der Waals surface area contributed by atoms with Gasteiger partial charge in [0.15, 0.2) is 0 Å². The molecule has 1 aliphatic carbocycles. The van der Waals surface area contributed by atoms with Gasteiger partial charge in [-0.1, -0.05) is 37.8 Å². The molecular formula is C14H18BrNO. The van der Waals surface area contributed by atoms with Crippen molar-refractivity contribution in [3.8, 4) is 0 Å². The highest BCUT2D eigenvalue weighted by atomic mass is 79.9. The third kappa shape index (κ3) is 3.84. The molecule has 1 fully saturated rings. The normalized spacial score (nSPS) is 16.1. The second-order valence-electron chi connectivity index (χ2n) is 4.72. The number of anilines is 1. The van der Waals surface area contributed by atoms with Crippen molar-refractivity contribution in [3.05, 3.63) is 28.7 Å². The second kappa shape index (κ2) is 6.20. The molecule has 0 radical (unpaired) electrons. The van der Waals surface area contributed by atoms with Crippen molar-refractivity contribution in [2.24, 2.45) is 5.92 Å². The Kier molecular flexibility index (Phi) is 4.60. The van der Waals surface area contributed by atoms with Crippen molar-refractivity contribution in [2.45, 2.75) is 38.5 Å². The van der Waals surface area contributed by atoms with Gasteiger partial charge in [-0.3, -0.25) is 4.79 Å². The lowest BCUT2D eigenvalue weighted by Gasteiger charge is -2.10. The summed E-state index contributed by atoms with van der Waals surface area (Å²) < 4.78 is 0.939. The van der Waals surface area contributed by atoms with E-state index in [9.17, 15) is 4.79 Å². The minimum atomic E-state index is 0.129. The third-order valence-corrected chi connectivity index (χ3v) is 4.09. The Hall–Kier alpha value is -0.830. The van der Waals surface area contributed by atoms with Gasteiger partial charge in [-0.25, -0.2) is 0 Å². The van der Waals surface area contributed by atoms with E-state index >= 15 is 0 Å². The van der Waals surface area contributed by atoms with Gasteiger partial charge in [-0.15, -0.1) is 0 Å². The smallest absolute Gasteiger partial charge is 0.224 e. The summed E-state index contributed by atoms with van der Waals surface area (Å²) in [4.78, 5) is 11.8. The number of para-hydroxylation sites is 1. The van der Waals surface area contributed by atoms with Gasteiger partial charge in [0.25, 0.3) is 0 Å². The minimum absolute atomic E-state index is 0.129. The standard InChI is InChI=1S/C14H18BrNO/c15-12-7-3-4-8-13(12)16-14(17)10-9-11-5-1-2-6-11/h3-4,7-8,11H,1-2,5-6,9-10H2,(H,16,17). The van der Waals surface area contributed by atoms with Crippen LogP contribution >= 0.6 is 15.9 Å². The average Bonchev–Trinajstić information content (AvgIpc) is 2.82. The lowest BCUT2D eigenvalue weighted by atomic mass is 10.0. The van der Waals surface area contributed by atoms with Gasteiger partial charge in [-0.2, -0.15) is 0 Å². The zero-order valence-corrected chi connectivity index (χ0v) is 11.5. The predicted molar refractivity (Wildman–Crippen MR) is 74.0 cm³/mol. The van der Waals surface area contributed by atoms with Gasteiger partial charge in [-0.05, 0) is 40.4 Å². The Labute approximate surface area is 111 Å². The molecule has 0 aliphatic heterocycles. The fourth-order valence-corrected chi connectivity index (χ4v) is 2.79. The number of amides is 1. The zero-order chi connectivity index (χ0) is 12.1. The van der Waals surface area contributed by atoms with E-state index in [1.165, 1.54) is 25.7 Å². The van der Waals surface area contributed by atoms with Crippen molar-refractivity contribution < 1.29 is 4.79 Å². The summed E-state index contributed by atoms with van der Waals surface area (Å²) in [5.74, 6) is 0.906. The summed E-state index contributed by atoms with van der Waals surface area (Å²) in [5.41, 5.74) is 0.865. The van der Waals surface area contributed by atoms with Crippen LogP contribution in [0, 0.1) is 5.92 Å². The number of carbonyl (C=O) groups excluding carboxylic acids is 1. The minimum Gasteiger partial charge on any atom is -0.325 e. The number of nitrogens with one attached hydrogen (secondary N) is 1. The highest BCUT2D eigenvalue weighted by Gasteiger charge is 2.16. The lowest BCUT2D eigenvalue weighted by molar-refractivity contribution is -0.116. The molecule has 1 aromatic rings. The molecule has 1 amide bonds. The van der Waals surface area contributed by atoms with Gasteiger partial charge in [0.05, 0.1) is 5.69 Å². The Morgan fingerprint density at radius 2 is 2.00 bits per heavy atom. The quantitative estimate of drug-likeness (QED) is 0.879. The SMILES string of the molecule is O=C(CCC1CCCC1)Nc1ccccc1Br. The topological polar surface area (TPSA) is 29.1 Å². The largest absolute Gasteiger partial charge is 0.325 e. The molecule has 1 aromatic carbocycles. The summed E-state index contributed by atoms with van der Waals surface area (Å²) in [6.45, 7) is 0. The maximum atomic E-state index is 11.8. The maximum absolute atomic E-state index is 11.8. The van der Waals surface area contributed by atoms with Crippen LogP contribution in [0.15, 0.2) is 28.7 Å². The third-order valence-electron chi connectivity index (χ3n) is 3.40. The van der Waals surface area contributed by atoms with Gasteiger partial charge in [0.1, 0.15) is 0 Å². The van der Waals surface area contributed by atoms with Crippen LogP contribution in [0.3, 0.4) is 0 Å². The first-order chi connectivity index (χ1) is 8.25. The Morgan fingerprint density at radius 3 is 2.71 bits per heavy atom. The molecule has 92 valence electrons. The molecule has 0 spiro atoms. The Morgan fingerprint density at radius 1 is 1.29 bits per heavy atom. The summed E-state index contributed by atoms with van der Waals surface area (Å²) in [6.07, 6.45) is 6.99. The summed E-state index contributed by atoms with van der Waals surface area (Å²) in [5, 5.41) is 2.95. The first kappa shape index (κ1) is 12.6. The van der Waals surface area contributed by atoms with Crippen LogP contribution in [-0.2, 0) is 4.79 Å². The number of rotatable bonds is 4. The number of halogens is 1. The number of hydrogen-bond donors (Lipinski definition) is 1. The van der Waals surface area contributed by atoms with Gasteiger partial charge < -0.3 is 5.32 Å². The first-order valence-electron chi connectivity index (χ1n) is 6.30. The molecule has 0 unspecified atom stereocenters. The van der Waals surface area contributed by atoms with E-state index in [4.69, 9.17) is 0 Å². The van der Waals surface area contributed by atoms with Crippen molar-refractivity contribution in [1.29, 1.82) is 0 Å². The average molecular weight is 296 g/mol. The molecule has 0 bridgehead atoms. The molecule has 0 heterocycles. The van der Waals surface area contributed by atoms with E-state index < -0.39 is 0 Å².